The van der Waals surface area contributed by atoms with Crippen molar-refractivity contribution in [2.24, 2.45) is 5.73 Å². The number of hydrogen-bond donors (Lipinski definition) is 1. The van der Waals surface area contributed by atoms with Crippen molar-refractivity contribution < 1.29 is 4.74 Å². The lowest BCUT2D eigenvalue weighted by Crippen LogP contribution is -2.35. The molecule has 0 bridgehead atoms. The summed E-state index contributed by atoms with van der Waals surface area (Å²) in [6.07, 6.45) is 0.892. The first kappa shape index (κ1) is 18.4. The van der Waals surface area contributed by atoms with E-state index in [4.69, 9.17) is 27.1 Å². The van der Waals surface area contributed by atoms with E-state index in [9.17, 15) is 0 Å². The van der Waals surface area contributed by atoms with E-state index in [1.807, 2.05) is 12.1 Å². The van der Waals surface area contributed by atoms with E-state index in [0.29, 0.717) is 11.6 Å². The van der Waals surface area contributed by atoms with Gasteiger partial charge in [0.15, 0.2) is 0 Å². The number of rotatable bonds is 5. The van der Waals surface area contributed by atoms with Crippen molar-refractivity contribution in [3.8, 4) is 11.3 Å². The lowest BCUT2D eigenvalue weighted by atomic mass is 10.0. The van der Waals surface area contributed by atoms with Crippen LogP contribution in [-0.4, -0.2) is 42.7 Å². The largest absolute Gasteiger partial charge is 0.379 e. The number of nitrogens with two attached hydrogens (primary N) is 1. The summed E-state index contributed by atoms with van der Waals surface area (Å²) in [5.74, 6) is 0. The Balaban J connectivity index is 1.73. The highest BCUT2D eigenvalue weighted by molar-refractivity contribution is 6.31. The molecule has 1 aliphatic heterocycles. The van der Waals surface area contributed by atoms with Gasteiger partial charge in [-0.05, 0) is 42.3 Å². The van der Waals surface area contributed by atoms with Gasteiger partial charge in [-0.1, -0.05) is 41.9 Å². The van der Waals surface area contributed by atoms with Gasteiger partial charge in [0.2, 0.25) is 0 Å². The van der Waals surface area contributed by atoms with E-state index in [1.54, 1.807) is 0 Å². The van der Waals surface area contributed by atoms with Crippen molar-refractivity contribution in [1.82, 2.24) is 9.88 Å². The van der Waals surface area contributed by atoms with Crippen molar-refractivity contribution in [3.05, 3.63) is 64.7 Å². The molecule has 0 unspecified atom stereocenters. The topological polar surface area (TPSA) is 51.4 Å². The Hall–Kier alpha value is -1.98. The molecule has 2 heterocycles. The molecule has 3 aromatic rings. The molecule has 140 valence electrons. The molecule has 0 saturated carbocycles. The highest BCUT2D eigenvalue weighted by Gasteiger charge is 2.14. The second-order valence-electron chi connectivity index (χ2n) is 6.95. The second kappa shape index (κ2) is 8.36. The number of pyridine rings is 1. The Morgan fingerprint density at radius 3 is 2.56 bits per heavy atom. The molecule has 0 aliphatic carbocycles. The van der Waals surface area contributed by atoms with E-state index >= 15 is 0 Å². The maximum Gasteiger partial charge on any atom is 0.0727 e. The van der Waals surface area contributed by atoms with E-state index in [-0.39, 0.29) is 0 Å². The minimum absolute atomic E-state index is 0.662. The molecule has 1 aromatic heterocycles. The summed E-state index contributed by atoms with van der Waals surface area (Å²) in [5.41, 5.74) is 11.2. The zero-order valence-electron chi connectivity index (χ0n) is 15.3. The zero-order chi connectivity index (χ0) is 18.6. The van der Waals surface area contributed by atoms with E-state index < -0.39 is 0 Å². The molecule has 27 heavy (non-hydrogen) atoms. The first-order valence-corrected chi connectivity index (χ1v) is 9.79. The molecule has 0 radical (unpaired) electrons. The Morgan fingerprint density at radius 1 is 1.04 bits per heavy atom. The average Bonchev–Trinajstić information content (AvgIpc) is 2.69. The number of aromatic nitrogens is 1. The van der Waals surface area contributed by atoms with Gasteiger partial charge in [-0.15, -0.1) is 0 Å². The third-order valence-corrected chi connectivity index (χ3v) is 5.27. The third kappa shape index (κ3) is 4.30. The minimum atomic E-state index is 0.662. The first-order valence-electron chi connectivity index (χ1n) is 9.41. The van der Waals surface area contributed by atoms with Crippen LogP contribution in [-0.2, 0) is 17.7 Å². The molecule has 4 rings (SSSR count). The predicted octanol–water partition coefficient (Wildman–Crippen LogP) is 3.89. The molecular weight excluding hydrogens is 358 g/mol. The number of halogens is 1. The monoisotopic (exact) mass is 381 g/mol. The molecule has 1 saturated heterocycles. The van der Waals surface area contributed by atoms with Crippen LogP contribution in [0.25, 0.3) is 22.2 Å². The molecule has 0 atom stereocenters. The van der Waals surface area contributed by atoms with Crippen LogP contribution in [0.4, 0.5) is 0 Å². The summed E-state index contributed by atoms with van der Waals surface area (Å²) in [6, 6.07) is 16.7. The van der Waals surface area contributed by atoms with Crippen LogP contribution in [0, 0.1) is 0 Å². The summed E-state index contributed by atoms with van der Waals surface area (Å²) < 4.78 is 5.48. The number of fused-ring (bicyclic) bond motifs is 1. The Labute approximate surface area is 164 Å². The Bertz CT molecular complexity index is 921. The van der Waals surface area contributed by atoms with Crippen LogP contribution in [0.3, 0.4) is 0 Å². The van der Waals surface area contributed by atoms with E-state index in [0.717, 1.165) is 61.4 Å². The summed E-state index contributed by atoms with van der Waals surface area (Å²) in [4.78, 5) is 7.31. The SMILES string of the molecule is NCCc1ccc(-c2cc(CN3CCOCC3)c3ccc(Cl)cc3n2)cc1. The normalized spacial score (nSPS) is 15.3. The molecule has 1 aliphatic rings. The lowest BCUT2D eigenvalue weighted by molar-refractivity contribution is 0.0344. The van der Waals surface area contributed by atoms with Crippen LogP contribution < -0.4 is 5.73 Å². The Morgan fingerprint density at radius 2 is 1.81 bits per heavy atom. The molecule has 5 heteroatoms. The van der Waals surface area contributed by atoms with Gasteiger partial charge in [-0.2, -0.15) is 0 Å². The van der Waals surface area contributed by atoms with E-state index in [2.05, 4.69) is 41.3 Å². The number of hydrogen-bond acceptors (Lipinski definition) is 4. The summed E-state index contributed by atoms with van der Waals surface area (Å²) in [5, 5.41) is 1.87. The second-order valence-corrected chi connectivity index (χ2v) is 7.39. The summed E-state index contributed by atoms with van der Waals surface area (Å²) >= 11 is 6.24. The van der Waals surface area contributed by atoms with Crippen LogP contribution in [0.1, 0.15) is 11.1 Å². The average molecular weight is 382 g/mol. The molecule has 1 fully saturated rings. The maximum absolute atomic E-state index is 6.24. The fourth-order valence-corrected chi connectivity index (χ4v) is 3.73. The Kier molecular flexibility index (Phi) is 5.69. The predicted molar refractivity (Wildman–Crippen MR) is 111 cm³/mol. The van der Waals surface area contributed by atoms with Crippen molar-refractivity contribution >= 4 is 22.5 Å². The van der Waals surface area contributed by atoms with Crippen LogP contribution in [0.2, 0.25) is 5.02 Å². The molecule has 0 amide bonds. The number of benzene rings is 2. The van der Waals surface area contributed by atoms with Crippen LogP contribution in [0.15, 0.2) is 48.5 Å². The van der Waals surface area contributed by atoms with E-state index in [1.165, 1.54) is 11.1 Å². The number of ether oxygens (including phenoxy) is 1. The van der Waals surface area contributed by atoms with Gasteiger partial charge in [0.1, 0.15) is 0 Å². The maximum atomic E-state index is 6.24. The fourth-order valence-electron chi connectivity index (χ4n) is 3.56. The summed E-state index contributed by atoms with van der Waals surface area (Å²) in [6.45, 7) is 5.06. The summed E-state index contributed by atoms with van der Waals surface area (Å²) in [7, 11) is 0. The van der Waals surface area contributed by atoms with Gasteiger partial charge in [0.05, 0.1) is 24.4 Å². The molecule has 2 aromatic carbocycles. The van der Waals surface area contributed by atoms with Crippen molar-refractivity contribution in [2.45, 2.75) is 13.0 Å². The molecule has 2 N–H and O–H groups in total. The van der Waals surface area contributed by atoms with Gasteiger partial charge in [0.25, 0.3) is 0 Å². The number of morpholine rings is 1. The zero-order valence-corrected chi connectivity index (χ0v) is 16.1. The van der Waals surface area contributed by atoms with Crippen LogP contribution in [0.5, 0.6) is 0 Å². The third-order valence-electron chi connectivity index (χ3n) is 5.04. The van der Waals surface area contributed by atoms with Gasteiger partial charge >= 0.3 is 0 Å². The smallest absolute Gasteiger partial charge is 0.0727 e. The number of nitrogens with zero attached hydrogens (tertiary/aromatic N) is 2. The standard InChI is InChI=1S/C22H24ClN3O/c23-19-5-6-20-18(15-26-9-11-27-12-10-26)13-21(25-22(20)14-19)17-3-1-16(2-4-17)7-8-24/h1-6,13-14H,7-12,15,24H2. The van der Waals surface area contributed by atoms with Crippen molar-refractivity contribution in [1.29, 1.82) is 0 Å². The van der Waals surface area contributed by atoms with Gasteiger partial charge in [-0.3, -0.25) is 4.90 Å². The van der Waals surface area contributed by atoms with Crippen molar-refractivity contribution in [3.63, 3.8) is 0 Å². The molecular formula is C22H24ClN3O. The molecule has 0 spiro atoms. The highest BCUT2D eigenvalue weighted by atomic mass is 35.5. The quantitative estimate of drug-likeness (QED) is 0.728. The van der Waals surface area contributed by atoms with Crippen molar-refractivity contribution in [2.75, 3.05) is 32.8 Å². The van der Waals surface area contributed by atoms with Gasteiger partial charge < -0.3 is 10.5 Å². The lowest BCUT2D eigenvalue weighted by Gasteiger charge is -2.27. The fraction of sp³-hybridized carbons (Fsp3) is 0.318. The molecule has 4 nitrogen and oxygen atoms in total. The minimum Gasteiger partial charge on any atom is -0.379 e. The van der Waals surface area contributed by atoms with Gasteiger partial charge in [-0.25, -0.2) is 4.98 Å². The first-order chi connectivity index (χ1) is 13.2. The highest BCUT2D eigenvalue weighted by Crippen LogP contribution is 2.28. The van der Waals surface area contributed by atoms with Crippen LogP contribution >= 0.6 is 11.6 Å². The van der Waals surface area contributed by atoms with Gasteiger partial charge in [0, 0.05) is 35.6 Å².